The summed E-state index contributed by atoms with van der Waals surface area (Å²) >= 11 is 0. The number of Topliss-reactive ketones (excluding diaryl/α,β-unsaturated/α-hetero) is 2. The van der Waals surface area contributed by atoms with Gasteiger partial charge in [0.25, 0.3) is 23.6 Å². The van der Waals surface area contributed by atoms with Gasteiger partial charge in [0.05, 0.1) is 67.8 Å². The quantitative estimate of drug-likeness (QED) is 0.00715. The van der Waals surface area contributed by atoms with Crippen molar-refractivity contribution in [3.05, 3.63) is 249 Å². The molecule has 0 spiro atoms. The molecule has 4 amide bonds. The van der Waals surface area contributed by atoms with Crippen LogP contribution in [0, 0.1) is 5.92 Å². The summed E-state index contributed by atoms with van der Waals surface area (Å²) in [5, 5.41) is 24.7. The van der Waals surface area contributed by atoms with Crippen LogP contribution in [-0.2, 0) is 36.6 Å². The standard InChI is InChI=1S/C115H100N2O20/c1-7-13-54-130-87-48-46-72-68-32-41-79-97-77(39-30-66(92(68)97)70-34-43-82(102(87)94(70)72)113(127)133-57-16-10-4)108(122)116(110(79)124)52-50-62-22-26-64(27-23-62)136-89-60-85-96-76(106(120)84(107(85)121)20-19-21-91(118)119)38-36-74-101-90(61-86(115(129)135-59-18-12-6)99-81(112(126)132-56-15-9-3)45-37-75(105(99)101)100(89)104(74)96)137-65-28-24-63(25-29-65)51-53-117-109(123)78-40-31-67-71-35-44-83(114(128)134-58-17-11-5)103-88(131-55-14-8-2)49-47-73(95(71)103)69-33-42-80(111(117)125)98(78)93(67)69/h22-49,60-61,84H,7-21,50-59H2,1-6H3,(H,118,119). The zero-order chi connectivity index (χ0) is 94.9. The molecule has 22 nitrogen and oxygen atoms in total. The summed E-state index contributed by atoms with van der Waals surface area (Å²) in [6.07, 6.45) is 9.25. The maximum Gasteiger partial charge on any atom is 0.338 e. The van der Waals surface area contributed by atoms with Gasteiger partial charge in [-0.25, -0.2) is 19.2 Å². The predicted molar refractivity (Wildman–Crippen MR) is 529 cm³/mol. The molecule has 1 N–H and O–H groups in total. The summed E-state index contributed by atoms with van der Waals surface area (Å²) in [5.41, 5.74) is 4.10. The molecule has 2 heterocycles. The van der Waals surface area contributed by atoms with Gasteiger partial charge in [-0.1, -0.05) is 171 Å². The second-order valence-electron chi connectivity index (χ2n) is 36.0. The lowest BCUT2D eigenvalue weighted by Gasteiger charge is -2.29. The van der Waals surface area contributed by atoms with Crippen LogP contribution >= 0.6 is 0 Å². The van der Waals surface area contributed by atoms with Crippen molar-refractivity contribution in [2.24, 2.45) is 5.92 Å². The number of imide groups is 2. The Kier molecular flexibility index (Phi) is 24.4. The second kappa shape index (κ2) is 37.2. The van der Waals surface area contributed by atoms with Crippen LogP contribution in [0.3, 0.4) is 0 Å². The molecule has 3 aliphatic rings. The highest BCUT2D eigenvalue weighted by molar-refractivity contribution is 6.45. The smallest absolute Gasteiger partial charge is 0.338 e. The van der Waals surface area contributed by atoms with Crippen LogP contribution in [-0.4, -0.2) is 133 Å². The molecular weight excluding hydrogens is 1730 g/mol. The average Bonchev–Trinajstić information content (AvgIpc) is 0.689. The van der Waals surface area contributed by atoms with E-state index in [4.69, 9.17) is 37.9 Å². The summed E-state index contributed by atoms with van der Waals surface area (Å²) in [7, 11) is 0. The molecule has 17 aromatic rings. The Morgan fingerprint density at radius 1 is 0.285 bits per heavy atom. The molecule has 690 valence electrons. The zero-order valence-electron chi connectivity index (χ0n) is 77.2. The number of nitrogens with zero attached hydrogens (tertiary/aromatic N) is 2. The first-order chi connectivity index (χ1) is 66.8. The minimum Gasteiger partial charge on any atom is -0.493 e. The van der Waals surface area contributed by atoms with E-state index in [1.54, 1.807) is 97.1 Å². The van der Waals surface area contributed by atoms with Gasteiger partial charge >= 0.3 is 29.8 Å². The first-order valence-electron chi connectivity index (χ1n) is 48.0. The van der Waals surface area contributed by atoms with Gasteiger partial charge in [-0.05, 0) is 231 Å². The topological polar surface area (TPSA) is 288 Å². The number of fused-ring (bicyclic) bond motifs is 6. The number of aliphatic carboxylic acids is 1. The predicted octanol–water partition coefficient (Wildman–Crippen LogP) is 25.5. The normalized spacial score (nSPS) is 13.8. The van der Waals surface area contributed by atoms with Gasteiger partial charge in [-0.3, -0.25) is 43.4 Å². The maximum absolute atomic E-state index is 15.5. The summed E-state index contributed by atoms with van der Waals surface area (Å²) in [6.45, 7) is 13.8. The fourth-order valence-electron chi connectivity index (χ4n) is 20.7. The lowest BCUT2D eigenvalue weighted by molar-refractivity contribution is -0.137. The van der Waals surface area contributed by atoms with Crippen LogP contribution in [0.4, 0.5) is 0 Å². The minimum absolute atomic E-state index is 0.00278. The van der Waals surface area contributed by atoms with E-state index in [9.17, 15) is 24.3 Å². The number of benzene rings is 17. The van der Waals surface area contributed by atoms with E-state index in [0.717, 1.165) is 127 Å². The molecule has 17 aromatic carbocycles. The number of esters is 4. The number of rotatable bonds is 38. The number of ketones is 2. The largest absolute Gasteiger partial charge is 0.493 e. The molecule has 0 aromatic heterocycles. The number of ether oxygens (including phenoxy) is 8. The Hall–Kier alpha value is -15.2. The Bertz CT molecular complexity index is 7780. The molecule has 0 bridgehead atoms. The van der Waals surface area contributed by atoms with E-state index < -0.39 is 71.0 Å². The van der Waals surface area contributed by atoms with Crippen molar-refractivity contribution in [3.8, 4) is 34.5 Å². The number of amides is 4. The molecule has 0 saturated heterocycles. The second-order valence-corrected chi connectivity index (χ2v) is 36.0. The molecule has 2 aliphatic heterocycles. The molecule has 137 heavy (non-hydrogen) atoms. The number of hydrogen-bond donors (Lipinski definition) is 1. The highest BCUT2D eigenvalue weighted by Crippen LogP contribution is 2.55. The van der Waals surface area contributed by atoms with Gasteiger partial charge in [0, 0.05) is 118 Å². The zero-order valence-corrected chi connectivity index (χ0v) is 77.2. The molecule has 0 radical (unpaired) electrons. The fraction of sp³-hybridized carbons (Fsp3) is 0.278. The van der Waals surface area contributed by atoms with Crippen LogP contribution in [0.2, 0.25) is 0 Å². The van der Waals surface area contributed by atoms with E-state index in [-0.39, 0.29) is 122 Å². The van der Waals surface area contributed by atoms with E-state index in [1.807, 2.05) is 113 Å². The minimum atomic E-state index is -1.25. The van der Waals surface area contributed by atoms with Crippen molar-refractivity contribution in [2.45, 2.75) is 151 Å². The molecule has 0 fully saturated rings. The van der Waals surface area contributed by atoms with Crippen molar-refractivity contribution < 1.29 is 95.7 Å². The molecule has 1 aliphatic carbocycles. The highest BCUT2D eigenvalue weighted by Gasteiger charge is 2.42. The Balaban J connectivity index is 0.638. The summed E-state index contributed by atoms with van der Waals surface area (Å²) in [6, 6.07) is 53.9. The van der Waals surface area contributed by atoms with Crippen molar-refractivity contribution in [1.29, 1.82) is 0 Å². The third-order valence-corrected chi connectivity index (χ3v) is 27.6. The van der Waals surface area contributed by atoms with Crippen molar-refractivity contribution in [3.63, 3.8) is 0 Å². The van der Waals surface area contributed by atoms with Crippen LogP contribution < -0.4 is 18.9 Å². The third-order valence-electron chi connectivity index (χ3n) is 27.6. The molecule has 1 unspecified atom stereocenters. The van der Waals surface area contributed by atoms with Gasteiger partial charge in [0.15, 0.2) is 11.6 Å². The summed E-state index contributed by atoms with van der Waals surface area (Å²) < 4.78 is 50.8. The Morgan fingerprint density at radius 2 is 0.599 bits per heavy atom. The number of carboxylic acid groups (broad SMARTS) is 1. The van der Waals surface area contributed by atoms with Gasteiger partial charge in [-0.2, -0.15) is 0 Å². The Morgan fingerprint density at radius 3 is 0.993 bits per heavy atom. The van der Waals surface area contributed by atoms with Crippen molar-refractivity contribution in [2.75, 3.05) is 52.7 Å². The van der Waals surface area contributed by atoms with E-state index in [1.165, 1.54) is 9.80 Å². The lowest BCUT2D eigenvalue weighted by atomic mass is 9.75. The van der Waals surface area contributed by atoms with E-state index in [2.05, 4.69) is 13.8 Å². The van der Waals surface area contributed by atoms with Crippen LogP contribution in [0.25, 0.3) is 129 Å². The average molecular weight is 1830 g/mol. The molecule has 20 rings (SSSR count). The van der Waals surface area contributed by atoms with Gasteiger partial charge < -0.3 is 43.0 Å². The first kappa shape index (κ1) is 89.7. The first-order valence-corrected chi connectivity index (χ1v) is 48.0. The van der Waals surface area contributed by atoms with Crippen molar-refractivity contribution >= 4 is 194 Å². The van der Waals surface area contributed by atoms with Crippen LogP contribution in [0.5, 0.6) is 34.5 Å². The summed E-state index contributed by atoms with van der Waals surface area (Å²) in [4.78, 5) is 163. The van der Waals surface area contributed by atoms with Crippen molar-refractivity contribution in [1.82, 2.24) is 9.80 Å². The van der Waals surface area contributed by atoms with E-state index >= 15 is 33.6 Å². The Labute approximate surface area is 787 Å². The number of unbranched alkanes of at least 4 members (excludes halogenated alkanes) is 6. The SMILES string of the molecule is CCCCOC(=O)c1ccc2c3ccc4c5c(ccc(c6ccc(OCCCC)c1c62)c53)C(=O)N(CCc1ccc(Oc2cc(C(=O)OCCCC)c3c(C(=O)OCCCC)ccc5c6c(Oc7ccc(CCN8C(=O)c9ccc%10c%11ccc(OCCCC)c%12c(C(=O)OCCCC)ccc(c%13ccc(c9c%10%13)C8=O)c%12%11)cc7)cc7c8c(ccc(c2c35)c86)C(=O)C(CCCC(=O)O)C7=O)cc1)C4=O. The molecule has 0 saturated carbocycles. The van der Waals surface area contributed by atoms with Gasteiger partial charge in [-0.15, -0.1) is 0 Å². The molecule has 1 atom stereocenters. The van der Waals surface area contributed by atoms with Crippen LogP contribution in [0.15, 0.2) is 182 Å². The lowest BCUT2D eigenvalue weighted by Crippen LogP contribution is -2.41. The highest BCUT2D eigenvalue weighted by atomic mass is 16.5. The van der Waals surface area contributed by atoms with Gasteiger partial charge in [0.1, 0.15) is 34.5 Å². The number of hydrogen-bond acceptors (Lipinski definition) is 19. The number of carbonyl (C=O) groups is 11. The fourth-order valence-corrected chi connectivity index (χ4v) is 20.7. The monoisotopic (exact) mass is 1830 g/mol. The van der Waals surface area contributed by atoms with Crippen LogP contribution in [0.1, 0.15) is 253 Å². The maximum atomic E-state index is 15.5. The van der Waals surface area contributed by atoms with Gasteiger partial charge in [0.2, 0.25) is 0 Å². The summed E-state index contributed by atoms with van der Waals surface area (Å²) in [5.74, 6) is -5.59. The molecular formula is C115H100N2O20. The number of carbonyl (C=O) groups excluding carboxylic acids is 10. The third kappa shape index (κ3) is 15.4. The van der Waals surface area contributed by atoms with E-state index in [0.29, 0.717) is 143 Å². The molecule has 22 heteroatoms. The number of carboxylic acids is 1.